The maximum absolute atomic E-state index is 10.2. The summed E-state index contributed by atoms with van der Waals surface area (Å²) in [5.41, 5.74) is 2.91. The largest absolute Gasteiger partial charge is 0.493 e. The van der Waals surface area contributed by atoms with Gasteiger partial charge in [-0.15, -0.1) is 20.4 Å². The number of hydrogen-bond donors (Lipinski definition) is 2. The van der Waals surface area contributed by atoms with Crippen molar-refractivity contribution in [3.8, 4) is 17.1 Å². The standard InChI is InChI=1S/C22H14BrN5O/c23-14-10-11-18-17(12-14)20(22(29)24-18)26-28-21-16-9-5-4-8-15(16)19(25-27-21)13-6-2-1-3-7-13/h1-12,24,29H. The first-order valence-electron chi connectivity index (χ1n) is 8.93. The second-order valence-electron chi connectivity index (χ2n) is 6.50. The van der Waals surface area contributed by atoms with Crippen molar-refractivity contribution < 1.29 is 5.11 Å². The van der Waals surface area contributed by atoms with Crippen LogP contribution in [-0.2, 0) is 0 Å². The Labute approximate surface area is 174 Å². The van der Waals surface area contributed by atoms with Crippen LogP contribution in [0.1, 0.15) is 0 Å². The van der Waals surface area contributed by atoms with Crippen molar-refractivity contribution >= 4 is 49.1 Å². The summed E-state index contributed by atoms with van der Waals surface area (Å²) in [5, 5.41) is 30.1. The highest BCUT2D eigenvalue weighted by molar-refractivity contribution is 9.10. The van der Waals surface area contributed by atoms with E-state index in [4.69, 9.17) is 0 Å². The van der Waals surface area contributed by atoms with E-state index in [0.29, 0.717) is 11.5 Å². The zero-order valence-corrected chi connectivity index (χ0v) is 16.6. The number of halogens is 1. The van der Waals surface area contributed by atoms with Gasteiger partial charge < -0.3 is 10.1 Å². The van der Waals surface area contributed by atoms with E-state index in [0.717, 1.165) is 37.4 Å². The molecule has 0 amide bonds. The lowest BCUT2D eigenvalue weighted by atomic mass is 10.0. The predicted molar refractivity (Wildman–Crippen MR) is 117 cm³/mol. The number of H-pyrrole nitrogens is 1. The van der Waals surface area contributed by atoms with Gasteiger partial charge in [-0.1, -0.05) is 70.5 Å². The lowest BCUT2D eigenvalue weighted by molar-refractivity contribution is 0.459. The molecule has 0 saturated carbocycles. The number of nitrogens with zero attached hydrogens (tertiary/aromatic N) is 4. The van der Waals surface area contributed by atoms with Crippen LogP contribution >= 0.6 is 15.9 Å². The number of fused-ring (bicyclic) bond motifs is 2. The smallest absolute Gasteiger partial charge is 0.218 e. The second-order valence-corrected chi connectivity index (χ2v) is 7.41. The number of nitrogens with one attached hydrogen (secondary N) is 1. The van der Waals surface area contributed by atoms with E-state index in [9.17, 15) is 5.11 Å². The fourth-order valence-electron chi connectivity index (χ4n) is 3.31. The highest BCUT2D eigenvalue weighted by atomic mass is 79.9. The normalized spacial score (nSPS) is 11.6. The van der Waals surface area contributed by atoms with E-state index < -0.39 is 0 Å². The monoisotopic (exact) mass is 443 g/mol. The van der Waals surface area contributed by atoms with Gasteiger partial charge in [0.15, 0.2) is 5.69 Å². The number of rotatable bonds is 3. The zero-order valence-electron chi connectivity index (χ0n) is 15.0. The van der Waals surface area contributed by atoms with Crippen LogP contribution in [0.3, 0.4) is 0 Å². The van der Waals surface area contributed by atoms with Crippen molar-refractivity contribution in [1.29, 1.82) is 0 Å². The van der Waals surface area contributed by atoms with Crippen LogP contribution in [0.5, 0.6) is 5.88 Å². The molecule has 0 saturated heterocycles. The molecule has 0 aliphatic rings. The summed E-state index contributed by atoms with van der Waals surface area (Å²) in [5.74, 6) is 0.351. The molecular weight excluding hydrogens is 430 g/mol. The first kappa shape index (κ1) is 17.5. The minimum Gasteiger partial charge on any atom is -0.493 e. The first-order chi connectivity index (χ1) is 14.2. The molecule has 2 heterocycles. The molecule has 6 nitrogen and oxygen atoms in total. The summed E-state index contributed by atoms with van der Waals surface area (Å²) < 4.78 is 0.887. The Bertz CT molecular complexity index is 1380. The quantitative estimate of drug-likeness (QED) is 0.305. The fourth-order valence-corrected chi connectivity index (χ4v) is 3.67. The summed E-state index contributed by atoms with van der Waals surface area (Å²) in [6.07, 6.45) is 0. The molecule has 5 aromatic rings. The van der Waals surface area contributed by atoms with Gasteiger partial charge in [0.25, 0.3) is 0 Å². The van der Waals surface area contributed by atoms with Gasteiger partial charge in [0, 0.05) is 26.2 Å². The summed E-state index contributed by atoms with van der Waals surface area (Å²) in [6.45, 7) is 0. The van der Waals surface area contributed by atoms with Crippen LogP contribution < -0.4 is 0 Å². The van der Waals surface area contributed by atoms with Crippen LogP contribution in [0, 0.1) is 0 Å². The summed E-state index contributed by atoms with van der Waals surface area (Å²) in [6, 6.07) is 23.4. The Balaban J connectivity index is 1.64. The molecule has 0 atom stereocenters. The van der Waals surface area contributed by atoms with Gasteiger partial charge in [0.1, 0.15) is 5.69 Å². The maximum atomic E-state index is 10.2. The number of aromatic hydroxyl groups is 1. The van der Waals surface area contributed by atoms with E-state index in [1.807, 2.05) is 72.8 Å². The SMILES string of the molecule is Oc1[nH]c2ccc(Br)cc2c1N=Nc1nnc(-c2ccccc2)c2ccccc12. The van der Waals surface area contributed by atoms with Gasteiger partial charge in [-0.2, -0.15) is 0 Å². The molecule has 140 valence electrons. The average Bonchev–Trinajstić information content (AvgIpc) is 3.07. The molecule has 0 spiro atoms. The minimum atomic E-state index is -0.0416. The van der Waals surface area contributed by atoms with E-state index >= 15 is 0 Å². The van der Waals surface area contributed by atoms with Crippen molar-refractivity contribution in [3.63, 3.8) is 0 Å². The number of azo groups is 1. The number of hydrogen-bond acceptors (Lipinski definition) is 5. The lowest BCUT2D eigenvalue weighted by Gasteiger charge is -2.06. The van der Waals surface area contributed by atoms with Crippen LogP contribution in [0.4, 0.5) is 11.5 Å². The van der Waals surface area contributed by atoms with Gasteiger partial charge in [0.05, 0.1) is 5.52 Å². The van der Waals surface area contributed by atoms with Gasteiger partial charge in [-0.3, -0.25) is 0 Å². The molecule has 0 unspecified atom stereocenters. The van der Waals surface area contributed by atoms with Crippen LogP contribution in [0.2, 0.25) is 0 Å². The first-order valence-corrected chi connectivity index (χ1v) is 9.73. The maximum Gasteiger partial charge on any atom is 0.218 e. The third-order valence-corrected chi connectivity index (χ3v) is 5.17. The Morgan fingerprint density at radius 1 is 0.793 bits per heavy atom. The third kappa shape index (κ3) is 3.15. The van der Waals surface area contributed by atoms with Crippen molar-refractivity contribution in [2.24, 2.45) is 10.2 Å². The van der Waals surface area contributed by atoms with Crippen molar-refractivity contribution in [2.45, 2.75) is 0 Å². The van der Waals surface area contributed by atoms with E-state index in [2.05, 4.69) is 41.3 Å². The van der Waals surface area contributed by atoms with Crippen LogP contribution in [-0.4, -0.2) is 20.3 Å². The molecule has 7 heteroatoms. The second kappa shape index (κ2) is 7.10. The molecule has 0 radical (unpaired) electrons. The molecule has 0 aliphatic carbocycles. The molecule has 3 aromatic carbocycles. The predicted octanol–water partition coefficient (Wildman–Crippen LogP) is 6.66. The Morgan fingerprint density at radius 3 is 2.38 bits per heavy atom. The van der Waals surface area contributed by atoms with Gasteiger partial charge >= 0.3 is 0 Å². The fraction of sp³-hybridized carbons (Fsp3) is 0. The lowest BCUT2D eigenvalue weighted by Crippen LogP contribution is -1.90. The van der Waals surface area contributed by atoms with Gasteiger partial charge in [-0.05, 0) is 18.2 Å². The number of benzene rings is 3. The third-order valence-electron chi connectivity index (χ3n) is 4.67. The van der Waals surface area contributed by atoms with Crippen molar-refractivity contribution in [3.05, 3.63) is 77.3 Å². The summed E-state index contributed by atoms with van der Waals surface area (Å²) in [7, 11) is 0. The molecule has 29 heavy (non-hydrogen) atoms. The highest BCUT2D eigenvalue weighted by Crippen LogP contribution is 2.38. The number of aromatic amines is 1. The van der Waals surface area contributed by atoms with E-state index in [-0.39, 0.29) is 5.88 Å². The van der Waals surface area contributed by atoms with Gasteiger partial charge in [-0.25, -0.2) is 0 Å². The van der Waals surface area contributed by atoms with E-state index in [1.54, 1.807) is 0 Å². The van der Waals surface area contributed by atoms with Crippen molar-refractivity contribution in [1.82, 2.24) is 15.2 Å². The highest BCUT2D eigenvalue weighted by Gasteiger charge is 2.13. The molecule has 5 rings (SSSR count). The minimum absolute atomic E-state index is 0.0416. The number of aromatic nitrogens is 3. The molecular formula is C22H14BrN5O. The van der Waals surface area contributed by atoms with Crippen molar-refractivity contribution in [2.75, 3.05) is 0 Å². The molecule has 0 bridgehead atoms. The Hall–Kier alpha value is -3.58. The zero-order chi connectivity index (χ0) is 19.8. The molecule has 2 aromatic heterocycles. The van der Waals surface area contributed by atoms with Crippen LogP contribution in [0.25, 0.3) is 32.9 Å². The van der Waals surface area contributed by atoms with Gasteiger partial charge in [0.2, 0.25) is 11.7 Å². The van der Waals surface area contributed by atoms with E-state index in [1.165, 1.54) is 0 Å². The Kier molecular flexibility index (Phi) is 4.29. The molecule has 2 N–H and O–H groups in total. The summed E-state index contributed by atoms with van der Waals surface area (Å²) in [4.78, 5) is 2.90. The Morgan fingerprint density at radius 2 is 1.55 bits per heavy atom. The van der Waals surface area contributed by atoms with Crippen LogP contribution in [0.15, 0.2) is 87.5 Å². The topological polar surface area (TPSA) is 86.5 Å². The molecule has 0 aliphatic heterocycles. The molecule has 0 fully saturated rings. The average molecular weight is 444 g/mol. The summed E-state index contributed by atoms with van der Waals surface area (Å²) >= 11 is 3.44.